The van der Waals surface area contributed by atoms with Gasteiger partial charge in [0.25, 0.3) is 0 Å². The molecule has 102 valence electrons. The van der Waals surface area contributed by atoms with E-state index in [0.717, 1.165) is 17.6 Å². The van der Waals surface area contributed by atoms with Gasteiger partial charge >= 0.3 is 6.03 Å². The Hall–Kier alpha value is -2.56. The number of hydrogen-bond donors (Lipinski definition) is 2. The number of carbonyl (C=O) groups excluding carboxylic acids is 1. The Morgan fingerprint density at radius 1 is 1.40 bits per heavy atom. The molecule has 5 nitrogen and oxygen atoms in total. The molecule has 2 aromatic heterocycles. The second-order valence-corrected chi connectivity index (χ2v) is 4.73. The Bertz CT molecular complexity index is 728. The number of carbonyl (C=O) groups is 1. The summed E-state index contributed by atoms with van der Waals surface area (Å²) in [4.78, 5) is 19.0. The number of imidazole rings is 1. The number of para-hydroxylation sites is 1. The van der Waals surface area contributed by atoms with Crippen LogP contribution in [0.1, 0.15) is 11.3 Å². The Morgan fingerprint density at radius 3 is 3.00 bits per heavy atom. The number of rotatable bonds is 3. The molecular formula is C15H16N4O. The first-order valence-electron chi connectivity index (χ1n) is 6.58. The van der Waals surface area contributed by atoms with Gasteiger partial charge in [0.15, 0.2) is 0 Å². The maximum absolute atomic E-state index is 11.8. The lowest BCUT2D eigenvalue weighted by Crippen LogP contribution is -2.29. The van der Waals surface area contributed by atoms with Crippen LogP contribution in [0.5, 0.6) is 0 Å². The van der Waals surface area contributed by atoms with E-state index in [1.165, 1.54) is 21.8 Å². The molecule has 20 heavy (non-hydrogen) atoms. The highest BCUT2D eigenvalue weighted by Gasteiger charge is 2.07. The number of H-pyrrole nitrogens is 1. The maximum atomic E-state index is 11.8. The lowest BCUT2D eigenvalue weighted by Gasteiger charge is -2.05. The molecule has 5 heteroatoms. The third-order valence-electron chi connectivity index (χ3n) is 3.46. The third kappa shape index (κ3) is 2.30. The predicted molar refractivity (Wildman–Crippen MR) is 77.8 cm³/mol. The second kappa shape index (κ2) is 5.21. The number of benzene rings is 1. The molecule has 1 aromatic carbocycles. The maximum Gasteiger partial charge on any atom is 0.326 e. The van der Waals surface area contributed by atoms with Crippen LogP contribution in [0.4, 0.5) is 4.79 Å². The first-order valence-corrected chi connectivity index (χ1v) is 6.58. The van der Waals surface area contributed by atoms with Crippen LogP contribution in [0.15, 0.2) is 43.0 Å². The van der Waals surface area contributed by atoms with Crippen LogP contribution in [0.2, 0.25) is 0 Å². The fourth-order valence-corrected chi connectivity index (χ4v) is 2.35. The molecule has 2 heterocycles. The number of fused-ring (bicyclic) bond motifs is 1. The van der Waals surface area contributed by atoms with E-state index in [2.05, 4.69) is 34.3 Å². The Labute approximate surface area is 116 Å². The molecule has 3 aromatic rings. The summed E-state index contributed by atoms with van der Waals surface area (Å²) < 4.78 is 1.43. The van der Waals surface area contributed by atoms with E-state index < -0.39 is 0 Å². The van der Waals surface area contributed by atoms with Crippen molar-refractivity contribution < 1.29 is 4.79 Å². The predicted octanol–water partition coefficient (Wildman–Crippen LogP) is 2.47. The van der Waals surface area contributed by atoms with Crippen LogP contribution in [0, 0.1) is 6.92 Å². The van der Waals surface area contributed by atoms with Crippen molar-refractivity contribution in [1.29, 1.82) is 0 Å². The summed E-state index contributed by atoms with van der Waals surface area (Å²) in [6.45, 7) is 2.69. The van der Waals surface area contributed by atoms with Crippen molar-refractivity contribution in [1.82, 2.24) is 19.9 Å². The summed E-state index contributed by atoms with van der Waals surface area (Å²) in [5.41, 5.74) is 3.55. The number of aromatic nitrogens is 3. The summed E-state index contributed by atoms with van der Waals surface area (Å²) in [5.74, 6) is 0. The van der Waals surface area contributed by atoms with Gasteiger partial charge in [-0.2, -0.15) is 0 Å². The fraction of sp³-hybridized carbons (Fsp3) is 0.200. The molecular weight excluding hydrogens is 252 g/mol. The Kier molecular flexibility index (Phi) is 3.25. The highest BCUT2D eigenvalue weighted by Crippen LogP contribution is 2.21. The smallest absolute Gasteiger partial charge is 0.326 e. The number of amides is 1. The van der Waals surface area contributed by atoms with Gasteiger partial charge in [0.1, 0.15) is 6.33 Å². The summed E-state index contributed by atoms with van der Waals surface area (Å²) in [6, 6.07) is 8.07. The van der Waals surface area contributed by atoms with Gasteiger partial charge in [-0.05, 0) is 18.6 Å². The van der Waals surface area contributed by atoms with Crippen molar-refractivity contribution >= 4 is 16.9 Å². The molecule has 0 bridgehead atoms. The molecule has 3 rings (SSSR count). The average molecular weight is 268 g/mol. The SMILES string of the molecule is Cc1c(CCNC(=O)n2ccnc2)[nH]c2ccccc12. The molecule has 0 atom stereocenters. The molecule has 0 spiro atoms. The van der Waals surface area contributed by atoms with Crippen LogP contribution >= 0.6 is 0 Å². The quantitative estimate of drug-likeness (QED) is 0.766. The van der Waals surface area contributed by atoms with Crippen molar-refractivity contribution in [3.05, 3.63) is 54.2 Å². The molecule has 0 aliphatic heterocycles. The highest BCUT2D eigenvalue weighted by atomic mass is 16.2. The van der Waals surface area contributed by atoms with Crippen molar-refractivity contribution in [2.75, 3.05) is 6.54 Å². The Morgan fingerprint density at radius 2 is 2.25 bits per heavy atom. The minimum atomic E-state index is -0.156. The standard InChI is InChI=1S/C15H16N4O/c1-11-12-4-2-3-5-14(12)18-13(11)6-7-17-15(20)19-9-8-16-10-19/h2-5,8-10,18H,6-7H2,1H3,(H,17,20). The minimum Gasteiger partial charge on any atom is -0.358 e. The van der Waals surface area contributed by atoms with E-state index in [1.807, 2.05) is 12.1 Å². The second-order valence-electron chi connectivity index (χ2n) is 4.73. The summed E-state index contributed by atoms with van der Waals surface area (Å²) in [7, 11) is 0. The zero-order chi connectivity index (χ0) is 13.9. The molecule has 2 N–H and O–H groups in total. The number of nitrogens with zero attached hydrogens (tertiary/aromatic N) is 2. The number of hydrogen-bond acceptors (Lipinski definition) is 2. The van der Waals surface area contributed by atoms with Crippen LogP contribution in [-0.2, 0) is 6.42 Å². The summed E-state index contributed by atoms with van der Waals surface area (Å²) in [5, 5.41) is 4.11. The average Bonchev–Trinajstić information content (AvgIpc) is 3.09. The molecule has 0 saturated heterocycles. The van der Waals surface area contributed by atoms with Crippen LogP contribution in [-0.4, -0.2) is 27.1 Å². The lowest BCUT2D eigenvalue weighted by atomic mass is 10.1. The molecule has 0 unspecified atom stereocenters. The monoisotopic (exact) mass is 268 g/mol. The van der Waals surface area contributed by atoms with Crippen LogP contribution in [0.3, 0.4) is 0 Å². The summed E-state index contributed by atoms with van der Waals surface area (Å²) >= 11 is 0. The van der Waals surface area contributed by atoms with Crippen molar-refractivity contribution in [2.45, 2.75) is 13.3 Å². The van der Waals surface area contributed by atoms with Gasteiger partial charge in [-0.1, -0.05) is 18.2 Å². The van der Waals surface area contributed by atoms with Gasteiger partial charge in [0, 0.05) is 42.0 Å². The van der Waals surface area contributed by atoms with Gasteiger partial charge in [0.05, 0.1) is 0 Å². The van der Waals surface area contributed by atoms with Crippen LogP contribution < -0.4 is 5.32 Å². The van der Waals surface area contributed by atoms with E-state index in [4.69, 9.17) is 0 Å². The molecule has 0 radical (unpaired) electrons. The molecule has 0 aliphatic carbocycles. The van der Waals surface area contributed by atoms with Crippen molar-refractivity contribution in [3.63, 3.8) is 0 Å². The van der Waals surface area contributed by atoms with Gasteiger partial charge in [-0.25, -0.2) is 9.78 Å². The van der Waals surface area contributed by atoms with Gasteiger partial charge in [-0.3, -0.25) is 4.57 Å². The largest absolute Gasteiger partial charge is 0.358 e. The van der Waals surface area contributed by atoms with Gasteiger partial charge < -0.3 is 10.3 Å². The van der Waals surface area contributed by atoms with E-state index in [9.17, 15) is 4.79 Å². The number of nitrogens with one attached hydrogen (secondary N) is 2. The summed E-state index contributed by atoms with van der Waals surface area (Å²) in [6.07, 6.45) is 5.48. The zero-order valence-corrected chi connectivity index (χ0v) is 11.3. The van der Waals surface area contributed by atoms with Crippen LogP contribution in [0.25, 0.3) is 10.9 Å². The number of aromatic amines is 1. The molecule has 0 saturated carbocycles. The topological polar surface area (TPSA) is 62.7 Å². The normalized spacial score (nSPS) is 10.8. The minimum absolute atomic E-state index is 0.156. The Balaban J connectivity index is 1.65. The van der Waals surface area contributed by atoms with Crippen molar-refractivity contribution in [2.24, 2.45) is 0 Å². The molecule has 1 amide bonds. The first kappa shape index (κ1) is 12.5. The lowest BCUT2D eigenvalue weighted by molar-refractivity contribution is 0.242. The first-order chi connectivity index (χ1) is 9.75. The van der Waals surface area contributed by atoms with Gasteiger partial charge in [0.2, 0.25) is 0 Å². The van der Waals surface area contributed by atoms with Crippen molar-refractivity contribution in [3.8, 4) is 0 Å². The van der Waals surface area contributed by atoms with E-state index in [0.29, 0.717) is 6.54 Å². The highest BCUT2D eigenvalue weighted by molar-refractivity contribution is 5.84. The molecule has 0 fully saturated rings. The van der Waals surface area contributed by atoms with E-state index in [1.54, 1.807) is 12.4 Å². The van der Waals surface area contributed by atoms with Gasteiger partial charge in [-0.15, -0.1) is 0 Å². The third-order valence-corrected chi connectivity index (χ3v) is 3.46. The van der Waals surface area contributed by atoms with E-state index >= 15 is 0 Å². The molecule has 0 aliphatic rings. The van der Waals surface area contributed by atoms with E-state index in [-0.39, 0.29) is 6.03 Å². The zero-order valence-electron chi connectivity index (χ0n) is 11.3. The number of aryl methyl sites for hydroxylation is 1. The fourth-order valence-electron chi connectivity index (χ4n) is 2.35.